The summed E-state index contributed by atoms with van der Waals surface area (Å²) >= 11 is 0. The predicted molar refractivity (Wildman–Crippen MR) is 365 cm³/mol. The van der Waals surface area contributed by atoms with Crippen LogP contribution in [-0.4, -0.2) is 193 Å². The van der Waals surface area contributed by atoms with Crippen molar-refractivity contribution in [2.75, 3.05) is 26.4 Å². The lowest BCUT2D eigenvalue weighted by Gasteiger charge is -2.48. The first-order valence-corrected chi connectivity index (χ1v) is 38.8. The number of hydrogen-bond donors (Lipinski definition) is 12. The molecule has 3 heterocycles. The zero-order valence-corrected chi connectivity index (χ0v) is 58.8. The second-order valence-corrected chi connectivity index (χ2v) is 28.2. The number of nitrogens with one attached hydrogen (secondary N) is 1. The highest BCUT2D eigenvalue weighted by Crippen LogP contribution is 2.33. The van der Waals surface area contributed by atoms with Crippen molar-refractivity contribution in [3.05, 3.63) is 0 Å². The largest absolute Gasteiger partial charge is 0.394 e. The van der Waals surface area contributed by atoms with E-state index in [1.807, 2.05) is 0 Å². The molecule has 0 aromatic heterocycles. The van der Waals surface area contributed by atoms with Crippen LogP contribution in [0.4, 0.5) is 0 Å². The second-order valence-electron chi connectivity index (χ2n) is 28.2. The van der Waals surface area contributed by atoms with E-state index < -0.39 is 124 Å². The molecule has 0 radical (unpaired) electrons. The summed E-state index contributed by atoms with van der Waals surface area (Å²) in [6.45, 7) is 1.86. The Labute approximate surface area is 563 Å². The average molecular weight is 1330 g/mol. The van der Waals surface area contributed by atoms with Crippen LogP contribution in [0.1, 0.15) is 335 Å². The summed E-state index contributed by atoms with van der Waals surface area (Å²) in [5.41, 5.74) is 0. The van der Waals surface area contributed by atoms with Crippen LogP contribution in [-0.2, 0) is 33.2 Å². The third kappa shape index (κ3) is 37.7. The summed E-state index contributed by atoms with van der Waals surface area (Å²) in [7, 11) is 0. The van der Waals surface area contributed by atoms with Crippen LogP contribution >= 0.6 is 0 Å². The Morgan fingerprint density at radius 1 is 0.344 bits per heavy atom. The van der Waals surface area contributed by atoms with Crippen molar-refractivity contribution in [1.82, 2.24) is 5.32 Å². The molecule has 3 saturated heterocycles. The van der Waals surface area contributed by atoms with Gasteiger partial charge in [0.15, 0.2) is 18.9 Å². The SMILES string of the molecule is CCCCCCCCCCCCCCCCCCCCCCCCCCCCCCCC(O)C(COC1OC(CO)C(OC2OC(CO)C(OC3OC(CO)C(O)C(O)C3O)C(O)C2O)C(O)C1O)NC(=O)CCCCCCCCCCCCCCCCCCCCC. The quantitative estimate of drug-likeness (QED) is 0.0252. The molecule has 0 aliphatic carbocycles. The van der Waals surface area contributed by atoms with Gasteiger partial charge in [-0.1, -0.05) is 316 Å². The summed E-state index contributed by atoms with van der Waals surface area (Å²) in [4.78, 5) is 13.5. The number of carbonyl (C=O) groups is 1. The van der Waals surface area contributed by atoms with Gasteiger partial charge in [-0.2, -0.15) is 0 Å². The molecule has 3 rings (SSSR count). The minimum absolute atomic E-state index is 0.234. The van der Waals surface area contributed by atoms with Crippen molar-refractivity contribution in [3.63, 3.8) is 0 Å². The third-order valence-electron chi connectivity index (χ3n) is 19.9. The van der Waals surface area contributed by atoms with Crippen molar-refractivity contribution in [1.29, 1.82) is 0 Å². The number of amides is 1. The summed E-state index contributed by atoms with van der Waals surface area (Å²) < 4.78 is 34.5. The molecule has 1 amide bonds. The molecule has 0 bridgehead atoms. The van der Waals surface area contributed by atoms with Crippen LogP contribution in [0.2, 0.25) is 0 Å². The maximum Gasteiger partial charge on any atom is 0.220 e. The fourth-order valence-corrected chi connectivity index (χ4v) is 13.7. The zero-order valence-electron chi connectivity index (χ0n) is 58.8. The van der Waals surface area contributed by atoms with Crippen LogP contribution < -0.4 is 5.32 Å². The molecule has 19 nitrogen and oxygen atoms in total. The molecule has 0 aromatic rings. The number of hydrogen-bond acceptors (Lipinski definition) is 18. The van der Waals surface area contributed by atoms with Crippen molar-refractivity contribution in [2.45, 2.75) is 439 Å². The summed E-state index contributed by atoms with van der Waals surface area (Å²) in [5, 5.41) is 121. The number of ether oxygens (including phenoxy) is 6. The van der Waals surface area contributed by atoms with Crippen molar-refractivity contribution in [2.24, 2.45) is 0 Å². The van der Waals surface area contributed by atoms with E-state index >= 15 is 0 Å². The molecule has 3 fully saturated rings. The monoisotopic (exact) mass is 1330 g/mol. The predicted octanol–water partition coefficient (Wildman–Crippen LogP) is 11.8. The highest BCUT2D eigenvalue weighted by atomic mass is 16.8. The molecule has 3 aliphatic rings. The fourth-order valence-electron chi connectivity index (χ4n) is 13.7. The standard InChI is InChI=1S/C74H143NO18/c1-3-5-7-9-11-13-15-17-19-21-23-24-25-26-27-28-29-30-31-32-34-35-37-39-41-43-45-47-49-51-58(79)57(75-62(80)52-50-48-46-44-42-40-38-36-33-22-20-18-16-14-12-10-8-6-4-2)56-88-72-68(86)65(83)70(60(54-77)90-72)93-74-69(87)66(84)71(61(55-78)91-74)92-73-67(85)64(82)63(81)59(53-76)89-73/h57-61,63-74,76-79,81-87H,3-56H2,1-2H3,(H,75,80). The van der Waals surface area contributed by atoms with Crippen molar-refractivity contribution < 1.29 is 89.4 Å². The minimum Gasteiger partial charge on any atom is -0.394 e. The molecule has 552 valence electrons. The maximum absolute atomic E-state index is 13.5. The molecule has 3 aliphatic heterocycles. The molecule has 93 heavy (non-hydrogen) atoms. The van der Waals surface area contributed by atoms with Crippen molar-refractivity contribution >= 4 is 5.91 Å². The Morgan fingerprint density at radius 3 is 0.935 bits per heavy atom. The molecular formula is C74H143NO18. The minimum atomic E-state index is -1.97. The van der Waals surface area contributed by atoms with E-state index in [4.69, 9.17) is 28.4 Å². The van der Waals surface area contributed by atoms with Gasteiger partial charge in [0.2, 0.25) is 5.91 Å². The first-order valence-electron chi connectivity index (χ1n) is 38.8. The van der Waals surface area contributed by atoms with Crippen LogP contribution in [0.3, 0.4) is 0 Å². The Balaban J connectivity index is 1.37. The molecule has 19 heteroatoms. The van der Waals surface area contributed by atoms with Crippen LogP contribution in [0.25, 0.3) is 0 Å². The van der Waals surface area contributed by atoms with E-state index in [1.165, 1.54) is 257 Å². The van der Waals surface area contributed by atoms with Gasteiger partial charge in [0, 0.05) is 6.42 Å². The Hall–Kier alpha value is -1.21. The molecule has 17 unspecified atom stereocenters. The molecular weight excluding hydrogens is 1190 g/mol. The summed E-state index contributed by atoms with van der Waals surface area (Å²) in [5.74, 6) is -0.234. The fraction of sp³-hybridized carbons (Fsp3) is 0.986. The summed E-state index contributed by atoms with van der Waals surface area (Å²) in [6, 6.07) is -0.882. The topological polar surface area (TPSA) is 307 Å². The van der Waals surface area contributed by atoms with Crippen LogP contribution in [0.5, 0.6) is 0 Å². The smallest absolute Gasteiger partial charge is 0.220 e. The number of rotatable bonds is 62. The zero-order chi connectivity index (χ0) is 67.5. The Morgan fingerprint density at radius 2 is 0.613 bits per heavy atom. The van der Waals surface area contributed by atoms with Gasteiger partial charge in [-0.25, -0.2) is 0 Å². The second kappa shape index (κ2) is 56.5. The molecule has 12 N–H and O–H groups in total. The number of unbranched alkanes of at least 4 members (excludes halogenated alkanes) is 46. The number of carbonyl (C=O) groups excluding carboxylic acids is 1. The molecule has 17 atom stereocenters. The Bertz CT molecular complexity index is 1690. The van der Waals surface area contributed by atoms with Crippen molar-refractivity contribution in [3.8, 4) is 0 Å². The highest BCUT2D eigenvalue weighted by Gasteiger charge is 2.54. The molecule has 0 aromatic carbocycles. The maximum atomic E-state index is 13.5. The molecule has 0 spiro atoms. The van der Waals surface area contributed by atoms with Gasteiger partial charge >= 0.3 is 0 Å². The lowest BCUT2D eigenvalue weighted by molar-refractivity contribution is -0.379. The highest BCUT2D eigenvalue weighted by molar-refractivity contribution is 5.76. The van der Waals surface area contributed by atoms with E-state index in [9.17, 15) is 61.0 Å². The van der Waals surface area contributed by atoms with E-state index in [0.717, 1.165) is 44.9 Å². The van der Waals surface area contributed by atoms with Gasteiger partial charge in [-0.3, -0.25) is 4.79 Å². The van der Waals surface area contributed by atoms with E-state index in [1.54, 1.807) is 0 Å². The lowest BCUT2D eigenvalue weighted by atomic mass is 9.96. The number of aliphatic hydroxyl groups excluding tert-OH is 11. The third-order valence-corrected chi connectivity index (χ3v) is 19.9. The van der Waals surface area contributed by atoms with Gasteiger partial charge in [-0.15, -0.1) is 0 Å². The average Bonchev–Trinajstić information content (AvgIpc) is 0.866. The van der Waals surface area contributed by atoms with Gasteiger partial charge < -0.3 is 89.9 Å². The molecule has 0 saturated carbocycles. The van der Waals surface area contributed by atoms with E-state index in [2.05, 4.69) is 19.2 Å². The normalized spacial score (nSPS) is 27.4. The summed E-state index contributed by atoms with van der Waals surface area (Å²) in [6.07, 6.45) is 36.2. The van der Waals surface area contributed by atoms with Gasteiger partial charge in [0.1, 0.15) is 73.2 Å². The first-order chi connectivity index (χ1) is 45.3. The lowest BCUT2D eigenvalue weighted by Crippen LogP contribution is -2.66. The van der Waals surface area contributed by atoms with Crippen LogP contribution in [0, 0.1) is 0 Å². The van der Waals surface area contributed by atoms with Gasteiger partial charge in [0.25, 0.3) is 0 Å². The van der Waals surface area contributed by atoms with E-state index in [-0.39, 0.29) is 18.9 Å². The van der Waals surface area contributed by atoms with Crippen LogP contribution in [0.15, 0.2) is 0 Å². The Kier molecular flexibility index (Phi) is 52.3. The first kappa shape index (κ1) is 86.0. The number of aliphatic hydroxyl groups is 11. The van der Waals surface area contributed by atoms with E-state index in [0.29, 0.717) is 12.8 Å². The van der Waals surface area contributed by atoms with Gasteiger partial charge in [-0.05, 0) is 12.8 Å². The van der Waals surface area contributed by atoms with Gasteiger partial charge in [0.05, 0.1) is 38.6 Å².